The van der Waals surface area contributed by atoms with Gasteiger partial charge in [0.25, 0.3) is 0 Å². The molecule has 5 heteroatoms. The minimum Gasteiger partial charge on any atom is -0.356 e. The van der Waals surface area contributed by atoms with Crippen LogP contribution in [-0.2, 0) is 6.42 Å². The summed E-state index contributed by atoms with van der Waals surface area (Å²) in [5.74, 6) is 7.79. The Kier molecular flexibility index (Phi) is 5.15. The number of hydrazine groups is 1. The molecule has 1 rings (SSSR count). The van der Waals surface area contributed by atoms with E-state index in [9.17, 15) is 0 Å². The summed E-state index contributed by atoms with van der Waals surface area (Å²) in [7, 11) is 0. The molecule has 0 saturated carbocycles. The standard InChI is InChI=1S/C12H23N5/c1-5-10-11(16-13)14-8-15-12(10)17(6-2)7-9(3)4/h8-9H,5-7,13H2,1-4H3,(H,14,15,16). The fourth-order valence-electron chi connectivity index (χ4n) is 1.93. The number of nitrogens with two attached hydrogens (primary N) is 1. The Morgan fingerprint density at radius 1 is 1.35 bits per heavy atom. The van der Waals surface area contributed by atoms with E-state index < -0.39 is 0 Å². The monoisotopic (exact) mass is 237 g/mol. The molecule has 0 bridgehead atoms. The first-order chi connectivity index (χ1) is 8.13. The Bertz CT molecular complexity index is 351. The smallest absolute Gasteiger partial charge is 0.148 e. The lowest BCUT2D eigenvalue weighted by atomic mass is 10.1. The van der Waals surface area contributed by atoms with Crippen molar-refractivity contribution in [2.24, 2.45) is 11.8 Å². The molecule has 0 spiro atoms. The molecule has 1 aromatic rings. The Balaban J connectivity index is 3.09. The van der Waals surface area contributed by atoms with Crippen molar-refractivity contribution in [3.8, 4) is 0 Å². The van der Waals surface area contributed by atoms with E-state index in [1.165, 1.54) is 0 Å². The summed E-state index contributed by atoms with van der Waals surface area (Å²) in [5, 5.41) is 0. The molecule has 0 saturated heterocycles. The van der Waals surface area contributed by atoms with Crippen LogP contribution in [0.1, 0.15) is 33.3 Å². The van der Waals surface area contributed by atoms with Crippen molar-refractivity contribution in [1.82, 2.24) is 9.97 Å². The van der Waals surface area contributed by atoms with Crippen LogP contribution in [0.25, 0.3) is 0 Å². The van der Waals surface area contributed by atoms with Crippen LogP contribution >= 0.6 is 0 Å². The first-order valence-corrected chi connectivity index (χ1v) is 6.19. The molecule has 0 amide bonds. The second kappa shape index (κ2) is 6.39. The average Bonchev–Trinajstić information content (AvgIpc) is 2.34. The van der Waals surface area contributed by atoms with Gasteiger partial charge in [-0.1, -0.05) is 20.8 Å². The molecule has 0 aromatic carbocycles. The van der Waals surface area contributed by atoms with E-state index in [1.54, 1.807) is 6.33 Å². The quantitative estimate of drug-likeness (QED) is 0.583. The van der Waals surface area contributed by atoms with Gasteiger partial charge < -0.3 is 10.3 Å². The summed E-state index contributed by atoms with van der Waals surface area (Å²) in [6.45, 7) is 10.6. The Labute approximate surface area is 103 Å². The highest BCUT2D eigenvalue weighted by atomic mass is 15.3. The van der Waals surface area contributed by atoms with Crippen LogP contribution in [0.3, 0.4) is 0 Å². The minimum atomic E-state index is 0.601. The molecule has 3 N–H and O–H groups in total. The molecule has 0 unspecified atom stereocenters. The molecule has 1 heterocycles. The maximum absolute atomic E-state index is 5.48. The maximum Gasteiger partial charge on any atom is 0.148 e. The lowest BCUT2D eigenvalue weighted by molar-refractivity contribution is 0.612. The van der Waals surface area contributed by atoms with Gasteiger partial charge in [0.1, 0.15) is 18.0 Å². The highest BCUT2D eigenvalue weighted by molar-refractivity contribution is 5.58. The molecule has 0 radical (unpaired) electrons. The van der Waals surface area contributed by atoms with Crippen molar-refractivity contribution in [1.29, 1.82) is 0 Å². The van der Waals surface area contributed by atoms with Gasteiger partial charge in [-0.05, 0) is 19.3 Å². The number of nitrogens with one attached hydrogen (secondary N) is 1. The number of aromatic nitrogens is 2. The fourth-order valence-corrected chi connectivity index (χ4v) is 1.93. The molecule has 0 fully saturated rings. The highest BCUT2D eigenvalue weighted by Gasteiger charge is 2.15. The normalized spacial score (nSPS) is 10.7. The van der Waals surface area contributed by atoms with Gasteiger partial charge in [-0.25, -0.2) is 15.8 Å². The summed E-state index contributed by atoms with van der Waals surface area (Å²) in [4.78, 5) is 10.8. The molecule has 0 aliphatic heterocycles. The summed E-state index contributed by atoms with van der Waals surface area (Å²) in [6.07, 6.45) is 2.43. The van der Waals surface area contributed by atoms with Crippen LogP contribution in [-0.4, -0.2) is 23.1 Å². The number of rotatable bonds is 6. The number of hydrogen-bond donors (Lipinski definition) is 2. The second-order valence-electron chi connectivity index (χ2n) is 4.45. The van der Waals surface area contributed by atoms with Gasteiger partial charge in [-0.15, -0.1) is 0 Å². The molecule has 5 nitrogen and oxygen atoms in total. The molecular weight excluding hydrogens is 214 g/mol. The Morgan fingerprint density at radius 2 is 2.06 bits per heavy atom. The summed E-state index contributed by atoms with van der Waals surface area (Å²) in [6, 6.07) is 0. The van der Waals surface area contributed by atoms with Crippen molar-refractivity contribution < 1.29 is 0 Å². The van der Waals surface area contributed by atoms with Crippen molar-refractivity contribution in [3.05, 3.63) is 11.9 Å². The molecule has 1 aromatic heterocycles. The second-order valence-corrected chi connectivity index (χ2v) is 4.45. The van der Waals surface area contributed by atoms with Crippen molar-refractivity contribution >= 4 is 11.6 Å². The van der Waals surface area contributed by atoms with E-state index in [4.69, 9.17) is 5.84 Å². The SMILES string of the molecule is CCc1c(NN)ncnc1N(CC)CC(C)C. The lowest BCUT2D eigenvalue weighted by Crippen LogP contribution is -2.29. The van der Waals surface area contributed by atoms with Gasteiger partial charge in [0.05, 0.1) is 0 Å². The van der Waals surface area contributed by atoms with E-state index in [0.29, 0.717) is 5.92 Å². The van der Waals surface area contributed by atoms with Crippen LogP contribution in [0.4, 0.5) is 11.6 Å². The largest absolute Gasteiger partial charge is 0.356 e. The minimum absolute atomic E-state index is 0.601. The fraction of sp³-hybridized carbons (Fsp3) is 0.667. The van der Waals surface area contributed by atoms with Gasteiger partial charge in [0.15, 0.2) is 0 Å². The van der Waals surface area contributed by atoms with Crippen LogP contribution in [0.5, 0.6) is 0 Å². The van der Waals surface area contributed by atoms with Crippen LogP contribution < -0.4 is 16.2 Å². The summed E-state index contributed by atoms with van der Waals surface area (Å²) < 4.78 is 0. The predicted molar refractivity (Wildman–Crippen MR) is 71.9 cm³/mol. The van der Waals surface area contributed by atoms with Gasteiger partial charge in [0.2, 0.25) is 0 Å². The van der Waals surface area contributed by atoms with Gasteiger partial charge in [-0.3, -0.25) is 0 Å². The van der Waals surface area contributed by atoms with E-state index in [-0.39, 0.29) is 0 Å². The van der Waals surface area contributed by atoms with Crippen molar-refractivity contribution in [2.75, 3.05) is 23.4 Å². The van der Waals surface area contributed by atoms with E-state index >= 15 is 0 Å². The predicted octanol–water partition coefficient (Wildman–Crippen LogP) is 1.81. The molecule has 0 aliphatic rings. The first kappa shape index (κ1) is 13.7. The number of nitrogens with zero attached hydrogens (tertiary/aromatic N) is 3. The van der Waals surface area contributed by atoms with E-state index in [2.05, 4.69) is 48.0 Å². The zero-order valence-corrected chi connectivity index (χ0v) is 11.2. The molecule has 0 atom stereocenters. The third-order valence-electron chi connectivity index (χ3n) is 2.68. The van der Waals surface area contributed by atoms with Crippen LogP contribution in [0.2, 0.25) is 0 Å². The first-order valence-electron chi connectivity index (χ1n) is 6.19. The molecular formula is C12H23N5. The highest BCUT2D eigenvalue weighted by Crippen LogP contribution is 2.23. The Hall–Kier alpha value is -1.36. The van der Waals surface area contributed by atoms with E-state index in [0.717, 1.165) is 36.7 Å². The van der Waals surface area contributed by atoms with E-state index in [1.807, 2.05) is 0 Å². The Morgan fingerprint density at radius 3 is 2.53 bits per heavy atom. The number of anilines is 2. The number of nitrogen functional groups attached to an aromatic ring is 1. The third-order valence-corrected chi connectivity index (χ3v) is 2.68. The molecule has 0 aliphatic carbocycles. The topological polar surface area (TPSA) is 67.1 Å². The maximum atomic E-state index is 5.48. The third kappa shape index (κ3) is 3.30. The van der Waals surface area contributed by atoms with Gasteiger partial charge >= 0.3 is 0 Å². The average molecular weight is 237 g/mol. The zero-order chi connectivity index (χ0) is 12.8. The summed E-state index contributed by atoms with van der Waals surface area (Å²) >= 11 is 0. The van der Waals surface area contributed by atoms with Crippen LogP contribution in [0, 0.1) is 5.92 Å². The number of hydrogen-bond acceptors (Lipinski definition) is 5. The molecule has 96 valence electrons. The van der Waals surface area contributed by atoms with Gasteiger partial charge in [-0.2, -0.15) is 0 Å². The summed E-state index contributed by atoms with van der Waals surface area (Å²) in [5.41, 5.74) is 3.72. The van der Waals surface area contributed by atoms with Gasteiger partial charge in [0, 0.05) is 18.7 Å². The lowest BCUT2D eigenvalue weighted by Gasteiger charge is -2.26. The molecule has 17 heavy (non-hydrogen) atoms. The van der Waals surface area contributed by atoms with Crippen molar-refractivity contribution in [3.63, 3.8) is 0 Å². The van der Waals surface area contributed by atoms with Crippen molar-refractivity contribution in [2.45, 2.75) is 34.1 Å². The zero-order valence-electron chi connectivity index (χ0n) is 11.2. The van der Waals surface area contributed by atoms with Crippen LogP contribution in [0.15, 0.2) is 6.33 Å².